The van der Waals surface area contributed by atoms with Gasteiger partial charge in [0.25, 0.3) is 0 Å². The fraction of sp³-hybridized carbons (Fsp3) is 1.00. The Kier molecular flexibility index (Phi) is 7.99. The predicted octanol–water partition coefficient (Wildman–Crippen LogP) is 4.27. The van der Waals surface area contributed by atoms with Crippen LogP contribution in [0.3, 0.4) is 0 Å². The Labute approximate surface area is 96.0 Å². The van der Waals surface area contributed by atoms with Gasteiger partial charge in [-0.05, 0) is 25.8 Å². The molecule has 0 saturated carbocycles. The lowest BCUT2D eigenvalue weighted by molar-refractivity contribution is 0.500. The molecule has 1 heterocycles. The summed E-state index contributed by atoms with van der Waals surface area (Å²) in [6.45, 7) is 3.55. The quantitative estimate of drug-likeness (QED) is 0.562. The van der Waals surface area contributed by atoms with E-state index in [1.807, 2.05) is 0 Å². The molecule has 0 amide bonds. The van der Waals surface area contributed by atoms with Gasteiger partial charge >= 0.3 is 0 Å². The van der Waals surface area contributed by atoms with Crippen LogP contribution in [-0.4, -0.2) is 12.6 Å². The van der Waals surface area contributed by atoms with Crippen molar-refractivity contribution in [2.45, 2.75) is 83.6 Å². The summed E-state index contributed by atoms with van der Waals surface area (Å²) in [7, 11) is 0. The Bertz CT molecular complexity index is 127. The molecule has 0 aromatic rings. The standard InChI is InChI=1S/C14H29N/c1-2-3-4-5-6-7-8-9-11-14-12-10-13-15-14/h14-15H,2-13H2,1H3/t14-/m1/s1. The summed E-state index contributed by atoms with van der Waals surface area (Å²) >= 11 is 0. The van der Waals surface area contributed by atoms with E-state index in [1.165, 1.54) is 77.2 Å². The highest BCUT2D eigenvalue weighted by Crippen LogP contribution is 2.14. The third-order valence-corrected chi connectivity index (χ3v) is 3.57. The van der Waals surface area contributed by atoms with Gasteiger partial charge in [0, 0.05) is 6.04 Å². The molecule has 90 valence electrons. The van der Waals surface area contributed by atoms with Gasteiger partial charge in [-0.15, -0.1) is 0 Å². The van der Waals surface area contributed by atoms with Crippen molar-refractivity contribution in [1.82, 2.24) is 5.32 Å². The number of hydrogen-bond donors (Lipinski definition) is 1. The van der Waals surface area contributed by atoms with Gasteiger partial charge in [0.2, 0.25) is 0 Å². The van der Waals surface area contributed by atoms with Crippen LogP contribution in [0.4, 0.5) is 0 Å². The molecule has 1 aliphatic heterocycles. The zero-order chi connectivity index (χ0) is 10.8. The molecule has 0 aromatic heterocycles. The SMILES string of the molecule is CCCCCCCCCC[C@@H]1CCCN1. The molecule has 1 fully saturated rings. The molecule has 0 spiro atoms. The summed E-state index contributed by atoms with van der Waals surface area (Å²) in [5, 5.41) is 3.58. The van der Waals surface area contributed by atoms with E-state index in [0.717, 1.165) is 6.04 Å². The summed E-state index contributed by atoms with van der Waals surface area (Å²) in [4.78, 5) is 0. The molecule has 1 nitrogen and oxygen atoms in total. The summed E-state index contributed by atoms with van der Waals surface area (Å²) in [5.74, 6) is 0. The van der Waals surface area contributed by atoms with Gasteiger partial charge in [0.1, 0.15) is 0 Å². The summed E-state index contributed by atoms with van der Waals surface area (Å²) < 4.78 is 0. The molecule has 1 heteroatoms. The first kappa shape index (κ1) is 13.0. The molecular formula is C14H29N. The van der Waals surface area contributed by atoms with Gasteiger partial charge in [0.05, 0.1) is 0 Å². The highest BCUT2D eigenvalue weighted by Gasteiger charge is 2.12. The van der Waals surface area contributed by atoms with E-state index in [4.69, 9.17) is 0 Å². The van der Waals surface area contributed by atoms with Crippen LogP contribution in [0.1, 0.15) is 77.6 Å². The molecule has 1 N–H and O–H groups in total. The Morgan fingerprint density at radius 1 is 0.933 bits per heavy atom. The van der Waals surface area contributed by atoms with E-state index in [1.54, 1.807) is 0 Å². The third-order valence-electron chi connectivity index (χ3n) is 3.57. The van der Waals surface area contributed by atoms with Gasteiger partial charge in [-0.1, -0.05) is 58.3 Å². The van der Waals surface area contributed by atoms with Gasteiger partial charge in [-0.3, -0.25) is 0 Å². The first-order valence-electron chi connectivity index (χ1n) is 7.17. The molecule has 0 aromatic carbocycles. The van der Waals surface area contributed by atoms with Crippen molar-refractivity contribution in [2.75, 3.05) is 6.54 Å². The largest absolute Gasteiger partial charge is 0.314 e. The van der Waals surface area contributed by atoms with Gasteiger partial charge in [-0.25, -0.2) is 0 Å². The lowest BCUT2D eigenvalue weighted by Crippen LogP contribution is -2.20. The first-order valence-corrected chi connectivity index (χ1v) is 7.17. The minimum Gasteiger partial charge on any atom is -0.314 e. The third kappa shape index (κ3) is 6.94. The molecule has 15 heavy (non-hydrogen) atoms. The van der Waals surface area contributed by atoms with E-state index in [9.17, 15) is 0 Å². The fourth-order valence-electron chi connectivity index (χ4n) is 2.53. The highest BCUT2D eigenvalue weighted by atomic mass is 14.9. The zero-order valence-corrected chi connectivity index (χ0v) is 10.6. The topological polar surface area (TPSA) is 12.0 Å². The average Bonchev–Trinajstić information content (AvgIpc) is 2.75. The van der Waals surface area contributed by atoms with Crippen molar-refractivity contribution >= 4 is 0 Å². The van der Waals surface area contributed by atoms with E-state index < -0.39 is 0 Å². The van der Waals surface area contributed by atoms with Crippen LogP contribution in [0.15, 0.2) is 0 Å². The van der Waals surface area contributed by atoms with Crippen molar-refractivity contribution in [3.05, 3.63) is 0 Å². The first-order chi connectivity index (χ1) is 7.43. The van der Waals surface area contributed by atoms with E-state index in [0.29, 0.717) is 0 Å². The summed E-state index contributed by atoms with van der Waals surface area (Å²) in [6.07, 6.45) is 15.8. The van der Waals surface area contributed by atoms with Crippen LogP contribution in [0.25, 0.3) is 0 Å². The van der Waals surface area contributed by atoms with Gasteiger partial charge in [-0.2, -0.15) is 0 Å². The molecule has 1 atom stereocenters. The number of nitrogens with one attached hydrogen (secondary N) is 1. The van der Waals surface area contributed by atoms with Crippen LogP contribution in [-0.2, 0) is 0 Å². The van der Waals surface area contributed by atoms with Crippen LogP contribution < -0.4 is 5.32 Å². The normalized spacial score (nSPS) is 21.0. The average molecular weight is 211 g/mol. The van der Waals surface area contributed by atoms with E-state index in [-0.39, 0.29) is 0 Å². The maximum atomic E-state index is 3.58. The Morgan fingerprint density at radius 2 is 1.60 bits per heavy atom. The molecule has 0 radical (unpaired) electrons. The van der Waals surface area contributed by atoms with Crippen molar-refractivity contribution in [1.29, 1.82) is 0 Å². The Hall–Kier alpha value is -0.0400. The van der Waals surface area contributed by atoms with Crippen molar-refractivity contribution in [2.24, 2.45) is 0 Å². The predicted molar refractivity (Wildman–Crippen MR) is 68.3 cm³/mol. The van der Waals surface area contributed by atoms with Crippen molar-refractivity contribution < 1.29 is 0 Å². The molecule has 0 unspecified atom stereocenters. The molecule has 1 rings (SSSR count). The molecule has 0 bridgehead atoms. The monoisotopic (exact) mass is 211 g/mol. The number of unbranched alkanes of at least 4 members (excludes halogenated alkanes) is 7. The molecule has 1 aliphatic rings. The van der Waals surface area contributed by atoms with Crippen LogP contribution in [0, 0.1) is 0 Å². The highest BCUT2D eigenvalue weighted by molar-refractivity contribution is 4.73. The van der Waals surface area contributed by atoms with Crippen LogP contribution in [0.2, 0.25) is 0 Å². The van der Waals surface area contributed by atoms with E-state index in [2.05, 4.69) is 12.2 Å². The Balaban J connectivity index is 1.73. The zero-order valence-electron chi connectivity index (χ0n) is 10.6. The molecule has 0 aliphatic carbocycles. The lowest BCUT2D eigenvalue weighted by Gasteiger charge is -2.09. The minimum absolute atomic E-state index is 0.866. The number of rotatable bonds is 9. The maximum absolute atomic E-state index is 3.58. The number of hydrogen-bond acceptors (Lipinski definition) is 1. The van der Waals surface area contributed by atoms with Crippen LogP contribution >= 0.6 is 0 Å². The molecule has 1 saturated heterocycles. The second kappa shape index (κ2) is 9.21. The van der Waals surface area contributed by atoms with Crippen molar-refractivity contribution in [3.8, 4) is 0 Å². The molecular weight excluding hydrogens is 182 g/mol. The summed E-state index contributed by atoms with van der Waals surface area (Å²) in [6, 6.07) is 0.866. The second-order valence-corrected chi connectivity index (χ2v) is 5.06. The van der Waals surface area contributed by atoms with Crippen LogP contribution in [0.5, 0.6) is 0 Å². The Morgan fingerprint density at radius 3 is 2.20 bits per heavy atom. The smallest absolute Gasteiger partial charge is 0.00675 e. The summed E-state index contributed by atoms with van der Waals surface area (Å²) in [5.41, 5.74) is 0. The van der Waals surface area contributed by atoms with Gasteiger partial charge < -0.3 is 5.32 Å². The lowest BCUT2D eigenvalue weighted by atomic mass is 10.0. The second-order valence-electron chi connectivity index (χ2n) is 5.06. The van der Waals surface area contributed by atoms with Gasteiger partial charge in [0.15, 0.2) is 0 Å². The fourth-order valence-corrected chi connectivity index (χ4v) is 2.53. The maximum Gasteiger partial charge on any atom is 0.00675 e. The van der Waals surface area contributed by atoms with Crippen molar-refractivity contribution in [3.63, 3.8) is 0 Å². The minimum atomic E-state index is 0.866. The van der Waals surface area contributed by atoms with E-state index >= 15 is 0 Å².